The fourth-order valence-electron chi connectivity index (χ4n) is 7.23. The van der Waals surface area contributed by atoms with Gasteiger partial charge in [-0.1, -0.05) is 36.8 Å². The molecule has 4 heterocycles. The first-order valence-corrected chi connectivity index (χ1v) is 17.4. The van der Waals surface area contributed by atoms with Crippen LogP contribution in [0.4, 0.5) is 5.82 Å². The Balaban J connectivity index is 1.09. The predicted octanol–water partition coefficient (Wildman–Crippen LogP) is 4.74. The monoisotopic (exact) mass is 633 g/mol. The number of sulfonamides is 1. The topological polar surface area (TPSA) is 105 Å². The second-order valence-electron chi connectivity index (χ2n) is 12.6. The molecule has 3 saturated heterocycles. The van der Waals surface area contributed by atoms with E-state index < -0.39 is 10.0 Å². The van der Waals surface area contributed by atoms with E-state index in [1.165, 1.54) is 0 Å². The number of ether oxygens (including phenoxy) is 2. The number of carbonyl (C=O) groups is 1. The molecule has 0 aliphatic carbocycles. The Hall–Kier alpha value is -3.70. The summed E-state index contributed by atoms with van der Waals surface area (Å²) in [6.45, 7) is 7.16. The Kier molecular flexibility index (Phi) is 9.01. The molecule has 1 unspecified atom stereocenters. The zero-order valence-electron chi connectivity index (χ0n) is 26.4. The van der Waals surface area contributed by atoms with E-state index in [1.54, 1.807) is 29.7 Å². The number of nitrogens with zero attached hydrogens (tertiary/aromatic N) is 5. The van der Waals surface area contributed by atoms with Gasteiger partial charge in [0.2, 0.25) is 15.9 Å². The van der Waals surface area contributed by atoms with E-state index in [9.17, 15) is 13.2 Å². The van der Waals surface area contributed by atoms with Gasteiger partial charge in [-0.15, -0.1) is 0 Å². The standard InChI is InChI=1S/C34H43N5O5S/c1-25-21-29(43-3)22-26(2)31(25)45(41,42)39-17-8-7-11-28(39)24-44-33-35-16-12-30(36-33)37-18-13-34(14-19-37)15-20-38(32(34)40)23-27-9-5-4-6-10-27/h4-6,9-10,12,16,21-22,28H,7-8,11,13-15,17-20,23-24H2,1-3H3. The lowest BCUT2D eigenvalue weighted by atomic mass is 9.77. The molecule has 1 spiro atoms. The highest BCUT2D eigenvalue weighted by Gasteiger charge is 2.48. The van der Waals surface area contributed by atoms with Gasteiger partial charge in [0.05, 0.1) is 23.5 Å². The summed E-state index contributed by atoms with van der Waals surface area (Å²) in [5, 5.41) is 0. The molecule has 2 aromatic carbocycles. The summed E-state index contributed by atoms with van der Waals surface area (Å²) >= 11 is 0. The number of hydrogen-bond acceptors (Lipinski definition) is 8. The molecular weight excluding hydrogens is 590 g/mol. The van der Waals surface area contributed by atoms with Gasteiger partial charge in [-0.05, 0) is 80.8 Å². The zero-order chi connectivity index (χ0) is 31.6. The van der Waals surface area contributed by atoms with Crippen LogP contribution < -0.4 is 14.4 Å². The van der Waals surface area contributed by atoms with Crippen LogP contribution in [0.25, 0.3) is 0 Å². The normalized spacial score (nSPS) is 20.5. The highest BCUT2D eigenvalue weighted by Crippen LogP contribution is 2.43. The van der Waals surface area contributed by atoms with Gasteiger partial charge in [-0.2, -0.15) is 9.29 Å². The molecule has 11 heteroatoms. The largest absolute Gasteiger partial charge is 0.497 e. The first-order valence-electron chi connectivity index (χ1n) is 15.9. The van der Waals surface area contributed by atoms with Crippen molar-refractivity contribution in [2.24, 2.45) is 5.41 Å². The minimum Gasteiger partial charge on any atom is -0.497 e. The molecule has 1 aromatic heterocycles. The summed E-state index contributed by atoms with van der Waals surface area (Å²) in [5.41, 5.74) is 2.20. The molecule has 45 heavy (non-hydrogen) atoms. The average molecular weight is 634 g/mol. The summed E-state index contributed by atoms with van der Waals surface area (Å²) in [6, 6.07) is 15.5. The fraction of sp³-hybridized carbons (Fsp3) is 0.500. The summed E-state index contributed by atoms with van der Waals surface area (Å²) in [7, 11) is -2.17. The highest BCUT2D eigenvalue weighted by molar-refractivity contribution is 7.89. The lowest BCUT2D eigenvalue weighted by molar-refractivity contribution is -0.137. The number of aromatic nitrogens is 2. The van der Waals surface area contributed by atoms with E-state index in [2.05, 4.69) is 22.0 Å². The van der Waals surface area contributed by atoms with Crippen molar-refractivity contribution in [2.75, 3.05) is 44.8 Å². The third kappa shape index (κ3) is 6.37. The van der Waals surface area contributed by atoms with E-state index in [1.807, 2.05) is 43.0 Å². The van der Waals surface area contributed by atoms with Gasteiger partial charge in [0.15, 0.2) is 0 Å². The molecule has 0 bridgehead atoms. The first-order chi connectivity index (χ1) is 21.7. The Morgan fingerprint density at radius 3 is 2.38 bits per heavy atom. The van der Waals surface area contributed by atoms with Crippen molar-refractivity contribution in [3.63, 3.8) is 0 Å². The number of carbonyl (C=O) groups excluding carboxylic acids is 1. The molecule has 0 N–H and O–H groups in total. The maximum Gasteiger partial charge on any atom is 0.318 e. The van der Waals surface area contributed by atoms with Gasteiger partial charge in [0, 0.05) is 38.9 Å². The van der Waals surface area contributed by atoms with Crippen LogP contribution in [-0.4, -0.2) is 79.4 Å². The SMILES string of the molecule is COc1cc(C)c(S(=O)(=O)N2CCCCC2COc2nccc(N3CCC4(CCN(Cc5ccccc5)C4=O)CC3)n2)c(C)c1. The van der Waals surface area contributed by atoms with Gasteiger partial charge in [-0.3, -0.25) is 4.79 Å². The summed E-state index contributed by atoms with van der Waals surface area (Å²) < 4.78 is 40.8. The van der Waals surface area contributed by atoms with Crippen molar-refractivity contribution in [3.05, 3.63) is 71.4 Å². The van der Waals surface area contributed by atoms with Crippen molar-refractivity contribution in [2.45, 2.75) is 69.9 Å². The number of amides is 1. The Labute approximate surface area is 266 Å². The molecule has 1 amide bonds. The number of piperidine rings is 2. The number of benzene rings is 2. The lowest BCUT2D eigenvalue weighted by Gasteiger charge is -2.38. The van der Waals surface area contributed by atoms with Crippen LogP contribution in [0.2, 0.25) is 0 Å². The Bertz CT molecular complexity index is 1600. The third-order valence-corrected chi connectivity index (χ3v) is 12.0. The first kappa shape index (κ1) is 31.3. The van der Waals surface area contributed by atoms with Crippen molar-refractivity contribution >= 4 is 21.7 Å². The van der Waals surface area contributed by atoms with Crippen molar-refractivity contribution in [3.8, 4) is 11.8 Å². The van der Waals surface area contributed by atoms with Gasteiger partial charge in [-0.25, -0.2) is 13.4 Å². The molecular formula is C34H43N5O5S. The maximum absolute atomic E-state index is 13.9. The van der Waals surface area contributed by atoms with E-state index in [0.29, 0.717) is 41.3 Å². The number of anilines is 1. The summed E-state index contributed by atoms with van der Waals surface area (Å²) in [4.78, 5) is 27.1. The van der Waals surface area contributed by atoms with Gasteiger partial charge in [0.1, 0.15) is 18.2 Å². The Morgan fingerprint density at radius 1 is 0.956 bits per heavy atom. The molecule has 0 saturated carbocycles. The van der Waals surface area contributed by atoms with Crippen molar-refractivity contribution in [1.82, 2.24) is 19.2 Å². The number of likely N-dealkylation sites (tertiary alicyclic amines) is 1. The molecule has 0 radical (unpaired) electrons. The zero-order valence-corrected chi connectivity index (χ0v) is 27.3. The van der Waals surface area contributed by atoms with E-state index in [4.69, 9.17) is 14.5 Å². The lowest BCUT2D eigenvalue weighted by Crippen LogP contribution is -2.47. The number of hydrogen-bond donors (Lipinski definition) is 0. The van der Waals surface area contributed by atoms with Crippen molar-refractivity contribution in [1.29, 1.82) is 0 Å². The van der Waals surface area contributed by atoms with Crippen LogP contribution in [0.1, 0.15) is 55.2 Å². The second kappa shape index (κ2) is 13.0. The predicted molar refractivity (Wildman–Crippen MR) is 172 cm³/mol. The molecule has 6 rings (SSSR count). The van der Waals surface area contributed by atoms with Crippen LogP contribution in [0.5, 0.6) is 11.8 Å². The minimum atomic E-state index is -3.75. The highest BCUT2D eigenvalue weighted by atomic mass is 32.2. The smallest absolute Gasteiger partial charge is 0.318 e. The number of methoxy groups -OCH3 is 1. The fourth-order valence-corrected chi connectivity index (χ4v) is 9.33. The van der Waals surface area contributed by atoms with Crippen LogP contribution in [0.3, 0.4) is 0 Å². The molecule has 3 aliphatic rings. The maximum atomic E-state index is 13.9. The number of rotatable bonds is 9. The van der Waals surface area contributed by atoms with Gasteiger partial charge < -0.3 is 19.3 Å². The quantitative estimate of drug-likeness (QED) is 0.333. The molecule has 3 fully saturated rings. The summed E-state index contributed by atoms with van der Waals surface area (Å²) in [6.07, 6.45) is 6.59. The Morgan fingerprint density at radius 2 is 1.67 bits per heavy atom. The summed E-state index contributed by atoms with van der Waals surface area (Å²) in [5.74, 6) is 1.67. The van der Waals surface area contributed by atoms with E-state index >= 15 is 0 Å². The van der Waals surface area contributed by atoms with Crippen LogP contribution in [0, 0.1) is 19.3 Å². The molecule has 240 valence electrons. The minimum absolute atomic E-state index is 0.172. The second-order valence-corrected chi connectivity index (χ2v) is 14.4. The molecule has 3 aromatic rings. The van der Waals surface area contributed by atoms with Gasteiger partial charge in [0.25, 0.3) is 0 Å². The van der Waals surface area contributed by atoms with Crippen LogP contribution in [-0.2, 0) is 21.4 Å². The molecule has 10 nitrogen and oxygen atoms in total. The third-order valence-electron chi connectivity index (χ3n) is 9.69. The van der Waals surface area contributed by atoms with Crippen LogP contribution >= 0.6 is 0 Å². The van der Waals surface area contributed by atoms with E-state index in [0.717, 1.165) is 63.1 Å². The molecule has 1 atom stereocenters. The van der Waals surface area contributed by atoms with E-state index in [-0.39, 0.29) is 30.0 Å². The van der Waals surface area contributed by atoms with Crippen molar-refractivity contribution < 1.29 is 22.7 Å². The average Bonchev–Trinajstić information content (AvgIpc) is 3.34. The number of aryl methyl sites for hydroxylation is 2. The van der Waals surface area contributed by atoms with Crippen LogP contribution in [0.15, 0.2) is 59.6 Å². The molecule has 3 aliphatic heterocycles. The van der Waals surface area contributed by atoms with Gasteiger partial charge >= 0.3 is 6.01 Å².